The maximum Gasteiger partial charge on any atom is 0.376 e. The zero-order chi connectivity index (χ0) is 9.84. The molecule has 0 saturated carbocycles. The highest BCUT2D eigenvalue weighted by Crippen LogP contribution is 2.21. The lowest BCUT2D eigenvalue weighted by Crippen LogP contribution is -2.04. The van der Waals surface area contributed by atoms with Crippen LogP contribution >= 0.6 is 0 Å². The number of benzene rings is 1. The normalized spacial score (nSPS) is 9.69. The second-order valence-electron chi connectivity index (χ2n) is 2.17. The Bertz CT molecular complexity index is 324. The Morgan fingerprint density at radius 2 is 2.23 bits per heavy atom. The first kappa shape index (κ1) is 9.47. The molecule has 1 rings (SSSR count). The first-order valence-corrected chi connectivity index (χ1v) is 3.39. The van der Waals surface area contributed by atoms with Crippen LogP contribution in [0, 0.1) is 5.82 Å². The maximum atomic E-state index is 12.7. The fourth-order valence-corrected chi connectivity index (χ4v) is 0.801. The summed E-state index contributed by atoms with van der Waals surface area (Å²) in [5.41, 5.74) is -0.276. The molecule has 70 valence electrons. The zero-order valence-electron chi connectivity index (χ0n) is 6.78. The zero-order valence-corrected chi connectivity index (χ0v) is 6.78. The van der Waals surface area contributed by atoms with Gasteiger partial charge in [-0.05, 0) is 12.1 Å². The Balaban J connectivity index is 3.01. The molecule has 0 atom stereocenters. The summed E-state index contributed by atoms with van der Waals surface area (Å²) in [7, 11) is 1.13. The number of carbonyl (C=O) groups excluding carboxylic acids is 1. The summed E-state index contributed by atoms with van der Waals surface area (Å²) in [6.07, 6.45) is 0. The van der Waals surface area contributed by atoms with E-state index in [-0.39, 0.29) is 5.56 Å². The van der Waals surface area contributed by atoms with Gasteiger partial charge in [-0.15, -0.1) is 0 Å². The quantitative estimate of drug-likeness (QED) is 0.557. The van der Waals surface area contributed by atoms with Gasteiger partial charge in [-0.1, -0.05) is 6.07 Å². The van der Waals surface area contributed by atoms with E-state index in [1.54, 1.807) is 0 Å². The Morgan fingerprint density at radius 1 is 1.54 bits per heavy atom. The van der Waals surface area contributed by atoms with Crippen molar-refractivity contribution in [3.05, 3.63) is 29.6 Å². The summed E-state index contributed by atoms with van der Waals surface area (Å²) in [6.45, 7) is 0. The van der Waals surface area contributed by atoms with Crippen LogP contribution in [0.25, 0.3) is 0 Å². The average Bonchev–Trinajstić information content (AvgIpc) is 2.10. The van der Waals surface area contributed by atoms with Crippen molar-refractivity contribution in [2.24, 2.45) is 0 Å². The van der Waals surface area contributed by atoms with Crippen LogP contribution in [-0.2, 0) is 9.78 Å². The number of rotatable bonds is 2. The topological polar surface area (TPSA) is 55.8 Å². The van der Waals surface area contributed by atoms with E-state index in [0.29, 0.717) is 0 Å². The van der Waals surface area contributed by atoms with Crippen LogP contribution in [0.5, 0.6) is 5.75 Å². The summed E-state index contributed by atoms with van der Waals surface area (Å²) >= 11 is 0. The number of halogens is 1. The highest BCUT2D eigenvalue weighted by Gasteiger charge is 2.15. The van der Waals surface area contributed by atoms with Gasteiger partial charge in [0.1, 0.15) is 5.56 Å². The molecule has 0 heterocycles. The van der Waals surface area contributed by atoms with Gasteiger partial charge in [-0.3, -0.25) is 4.89 Å². The molecule has 1 aromatic carbocycles. The van der Waals surface area contributed by atoms with Crippen molar-refractivity contribution in [3.63, 3.8) is 0 Å². The molecule has 0 fully saturated rings. The molecule has 13 heavy (non-hydrogen) atoms. The first-order chi connectivity index (χ1) is 6.16. The maximum absolute atomic E-state index is 12.7. The number of aromatic hydroxyl groups is 1. The average molecular weight is 186 g/mol. The third-order valence-electron chi connectivity index (χ3n) is 1.37. The summed E-state index contributed by atoms with van der Waals surface area (Å²) in [5, 5.41) is 9.06. The van der Waals surface area contributed by atoms with Crippen LogP contribution in [0.2, 0.25) is 0 Å². The van der Waals surface area contributed by atoms with Crippen LogP contribution in [0.1, 0.15) is 10.4 Å². The standard InChI is InChI=1S/C8H7FO4/c1-12-13-8(11)5-3-2-4-6(9)7(5)10/h2-4,10H,1H3. The van der Waals surface area contributed by atoms with E-state index in [4.69, 9.17) is 5.11 Å². The lowest BCUT2D eigenvalue weighted by Gasteiger charge is -2.02. The van der Waals surface area contributed by atoms with Crippen molar-refractivity contribution in [1.82, 2.24) is 0 Å². The van der Waals surface area contributed by atoms with E-state index in [0.717, 1.165) is 13.2 Å². The fraction of sp³-hybridized carbons (Fsp3) is 0.125. The van der Waals surface area contributed by atoms with E-state index in [1.165, 1.54) is 12.1 Å². The predicted molar refractivity (Wildman–Crippen MR) is 40.5 cm³/mol. The van der Waals surface area contributed by atoms with E-state index in [2.05, 4.69) is 9.78 Å². The SMILES string of the molecule is COOC(=O)c1cccc(F)c1O. The van der Waals surface area contributed by atoms with Crippen LogP contribution in [0.15, 0.2) is 18.2 Å². The smallest absolute Gasteiger partial charge is 0.376 e. The largest absolute Gasteiger partial charge is 0.504 e. The molecule has 4 nitrogen and oxygen atoms in total. The number of phenolic OH excluding ortho intramolecular Hbond substituents is 1. The Labute approximate surface area is 73.4 Å². The highest BCUT2D eigenvalue weighted by atomic mass is 19.1. The molecular formula is C8H7FO4. The van der Waals surface area contributed by atoms with Crippen LogP contribution in [0.4, 0.5) is 4.39 Å². The van der Waals surface area contributed by atoms with E-state index < -0.39 is 17.5 Å². The first-order valence-electron chi connectivity index (χ1n) is 3.39. The predicted octanol–water partition coefficient (Wildman–Crippen LogP) is 1.25. The second-order valence-corrected chi connectivity index (χ2v) is 2.17. The molecule has 0 radical (unpaired) electrons. The molecular weight excluding hydrogens is 179 g/mol. The van der Waals surface area contributed by atoms with E-state index in [1.807, 2.05) is 0 Å². The van der Waals surface area contributed by atoms with Gasteiger partial charge in [0.15, 0.2) is 11.6 Å². The van der Waals surface area contributed by atoms with Crippen molar-refractivity contribution >= 4 is 5.97 Å². The van der Waals surface area contributed by atoms with Crippen LogP contribution in [-0.4, -0.2) is 18.2 Å². The lowest BCUT2D eigenvalue weighted by atomic mass is 10.2. The van der Waals surface area contributed by atoms with Crippen molar-refractivity contribution in [3.8, 4) is 5.75 Å². The Hall–Kier alpha value is -1.62. The number of phenols is 1. The fourth-order valence-electron chi connectivity index (χ4n) is 0.801. The monoisotopic (exact) mass is 186 g/mol. The Kier molecular flexibility index (Phi) is 2.81. The van der Waals surface area contributed by atoms with Gasteiger partial charge in [0.05, 0.1) is 7.11 Å². The third-order valence-corrected chi connectivity index (χ3v) is 1.37. The van der Waals surface area contributed by atoms with Crippen molar-refractivity contribution in [2.45, 2.75) is 0 Å². The number of carbonyl (C=O) groups is 1. The van der Waals surface area contributed by atoms with Gasteiger partial charge in [0.2, 0.25) is 0 Å². The molecule has 0 unspecified atom stereocenters. The van der Waals surface area contributed by atoms with Gasteiger partial charge in [0, 0.05) is 0 Å². The molecule has 0 aliphatic heterocycles. The molecule has 0 aliphatic rings. The second kappa shape index (κ2) is 3.86. The third kappa shape index (κ3) is 1.94. The van der Waals surface area contributed by atoms with Gasteiger partial charge in [-0.25, -0.2) is 9.18 Å². The van der Waals surface area contributed by atoms with Gasteiger partial charge >= 0.3 is 5.97 Å². The molecule has 0 aliphatic carbocycles. The van der Waals surface area contributed by atoms with Gasteiger partial charge in [-0.2, -0.15) is 4.89 Å². The summed E-state index contributed by atoms with van der Waals surface area (Å²) in [4.78, 5) is 19.1. The molecule has 0 spiro atoms. The minimum Gasteiger partial charge on any atom is -0.504 e. The number of para-hydroxylation sites is 1. The molecule has 1 N–H and O–H groups in total. The van der Waals surface area contributed by atoms with Gasteiger partial charge < -0.3 is 5.11 Å². The minimum atomic E-state index is -0.945. The number of hydrogen-bond donors (Lipinski definition) is 1. The molecule has 0 amide bonds. The molecule has 5 heteroatoms. The van der Waals surface area contributed by atoms with Crippen molar-refractivity contribution in [2.75, 3.05) is 7.11 Å². The Morgan fingerprint density at radius 3 is 2.85 bits per heavy atom. The summed E-state index contributed by atoms with van der Waals surface area (Å²) in [5.74, 6) is -2.57. The summed E-state index contributed by atoms with van der Waals surface area (Å²) < 4.78 is 12.7. The van der Waals surface area contributed by atoms with Crippen LogP contribution in [0.3, 0.4) is 0 Å². The molecule has 0 saturated heterocycles. The summed E-state index contributed by atoms with van der Waals surface area (Å²) in [6, 6.07) is 3.53. The molecule has 1 aromatic rings. The highest BCUT2D eigenvalue weighted by molar-refractivity contribution is 5.91. The van der Waals surface area contributed by atoms with Crippen molar-refractivity contribution < 1.29 is 24.1 Å². The number of hydrogen-bond acceptors (Lipinski definition) is 4. The molecule has 0 bridgehead atoms. The lowest BCUT2D eigenvalue weighted by molar-refractivity contribution is -0.216. The van der Waals surface area contributed by atoms with Gasteiger partial charge in [0.25, 0.3) is 0 Å². The molecule has 0 aromatic heterocycles. The van der Waals surface area contributed by atoms with Crippen molar-refractivity contribution in [1.29, 1.82) is 0 Å². The minimum absolute atomic E-state index is 0.276. The van der Waals surface area contributed by atoms with Crippen LogP contribution < -0.4 is 0 Å². The van der Waals surface area contributed by atoms with E-state index >= 15 is 0 Å². The van der Waals surface area contributed by atoms with E-state index in [9.17, 15) is 9.18 Å².